The fourth-order valence-electron chi connectivity index (χ4n) is 4.80. The summed E-state index contributed by atoms with van der Waals surface area (Å²) in [5, 5.41) is 0. The zero-order valence-electron chi connectivity index (χ0n) is 14.8. The first-order valence-electron chi connectivity index (χ1n) is 9.26. The summed E-state index contributed by atoms with van der Waals surface area (Å²) in [6.45, 7) is 2.61. The SMILES string of the molecule is CC1CCc2cc3c(cc2C1C1OC(=O)c2c1ccc1c2OCO1)OCO3. The Labute approximate surface area is 155 Å². The molecule has 1 aliphatic carbocycles. The van der Waals surface area contributed by atoms with Crippen molar-refractivity contribution in [2.45, 2.75) is 31.8 Å². The van der Waals surface area contributed by atoms with Crippen LogP contribution in [0.5, 0.6) is 23.0 Å². The summed E-state index contributed by atoms with van der Waals surface area (Å²) in [5.74, 6) is 2.77. The van der Waals surface area contributed by atoms with Crippen molar-refractivity contribution in [2.75, 3.05) is 13.6 Å². The molecule has 2 aromatic rings. The first kappa shape index (κ1) is 15.2. The molecule has 3 heterocycles. The van der Waals surface area contributed by atoms with Gasteiger partial charge in [-0.15, -0.1) is 0 Å². The van der Waals surface area contributed by atoms with Crippen LogP contribution in [0.3, 0.4) is 0 Å². The molecule has 0 saturated carbocycles. The van der Waals surface area contributed by atoms with Crippen LogP contribution in [0.2, 0.25) is 0 Å². The van der Waals surface area contributed by atoms with Gasteiger partial charge in [-0.3, -0.25) is 0 Å². The summed E-state index contributed by atoms with van der Waals surface area (Å²) < 4.78 is 28.0. The zero-order valence-corrected chi connectivity index (χ0v) is 14.8. The molecule has 2 aromatic carbocycles. The van der Waals surface area contributed by atoms with Gasteiger partial charge in [-0.1, -0.05) is 13.0 Å². The summed E-state index contributed by atoms with van der Waals surface area (Å²) in [4.78, 5) is 12.7. The molecule has 6 nitrogen and oxygen atoms in total. The van der Waals surface area contributed by atoms with E-state index in [1.165, 1.54) is 11.1 Å². The van der Waals surface area contributed by atoms with Crippen molar-refractivity contribution < 1.29 is 28.5 Å². The highest BCUT2D eigenvalue weighted by atomic mass is 16.7. The number of aryl methyl sites for hydroxylation is 1. The van der Waals surface area contributed by atoms with E-state index in [0.717, 1.165) is 29.9 Å². The van der Waals surface area contributed by atoms with Crippen molar-refractivity contribution in [2.24, 2.45) is 5.92 Å². The third-order valence-electron chi connectivity index (χ3n) is 6.12. The van der Waals surface area contributed by atoms with Crippen LogP contribution in [0, 0.1) is 5.92 Å². The Morgan fingerprint density at radius 2 is 1.70 bits per heavy atom. The topological polar surface area (TPSA) is 63.2 Å². The number of carbonyl (C=O) groups is 1. The Morgan fingerprint density at radius 3 is 2.59 bits per heavy atom. The lowest BCUT2D eigenvalue weighted by Crippen LogP contribution is -2.24. The minimum Gasteiger partial charge on any atom is -0.454 e. The molecule has 0 fully saturated rings. The average molecular weight is 366 g/mol. The van der Waals surface area contributed by atoms with Crippen molar-refractivity contribution in [3.05, 3.63) is 46.5 Å². The molecule has 0 radical (unpaired) electrons. The van der Waals surface area contributed by atoms with Crippen LogP contribution in [0.25, 0.3) is 0 Å². The fourth-order valence-corrected chi connectivity index (χ4v) is 4.80. The smallest absolute Gasteiger partial charge is 0.343 e. The molecule has 0 spiro atoms. The summed E-state index contributed by atoms with van der Waals surface area (Å²) in [6.07, 6.45) is 1.68. The third-order valence-corrected chi connectivity index (χ3v) is 6.12. The van der Waals surface area contributed by atoms with E-state index in [9.17, 15) is 4.79 Å². The van der Waals surface area contributed by atoms with Crippen LogP contribution in [0.4, 0.5) is 0 Å². The van der Waals surface area contributed by atoms with Gasteiger partial charge in [0.2, 0.25) is 13.6 Å². The summed E-state index contributed by atoms with van der Waals surface area (Å²) in [7, 11) is 0. The molecule has 0 N–H and O–H groups in total. The first-order chi connectivity index (χ1) is 13.2. The molecular weight excluding hydrogens is 348 g/mol. The van der Waals surface area contributed by atoms with Crippen LogP contribution in [-0.2, 0) is 11.2 Å². The Kier molecular flexibility index (Phi) is 2.99. The second-order valence-corrected chi connectivity index (χ2v) is 7.54. The van der Waals surface area contributed by atoms with E-state index in [2.05, 4.69) is 19.1 Å². The van der Waals surface area contributed by atoms with E-state index >= 15 is 0 Å². The molecule has 0 aromatic heterocycles. The molecule has 4 aliphatic rings. The van der Waals surface area contributed by atoms with E-state index in [4.69, 9.17) is 23.7 Å². The maximum atomic E-state index is 12.7. The lowest BCUT2D eigenvalue weighted by Gasteiger charge is -2.35. The number of hydrogen-bond donors (Lipinski definition) is 0. The van der Waals surface area contributed by atoms with Crippen LogP contribution >= 0.6 is 0 Å². The first-order valence-corrected chi connectivity index (χ1v) is 9.26. The molecular formula is C21H18O6. The monoisotopic (exact) mass is 366 g/mol. The predicted molar refractivity (Wildman–Crippen MR) is 93.5 cm³/mol. The Hall–Kier alpha value is -2.89. The molecule has 0 amide bonds. The van der Waals surface area contributed by atoms with E-state index in [1.807, 2.05) is 12.1 Å². The minimum atomic E-state index is -0.337. The van der Waals surface area contributed by atoms with Gasteiger partial charge < -0.3 is 23.7 Å². The molecule has 27 heavy (non-hydrogen) atoms. The normalized spacial score (nSPS) is 26.6. The van der Waals surface area contributed by atoms with E-state index in [1.54, 1.807) is 0 Å². The van der Waals surface area contributed by atoms with Gasteiger partial charge in [0.05, 0.1) is 0 Å². The lowest BCUT2D eigenvalue weighted by molar-refractivity contribution is 0.0259. The third kappa shape index (κ3) is 2.04. The molecule has 6 heteroatoms. The van der Waals surface area contributed by atoms with Gasteiger partial charge in [-0.2, -0.15) is 0 Å². The van der Waals surface area contributed by atoms with Crippen LogP contribution in [0.15, 0.2) is 24.3 Å². The number of carbonyl (C=O) groups excluding carboxylic acids is 1. The highest BCUT2D eigenvalue weighted by Crippen LogP contribution is 2.54. The van der Waals surface area contributed by atoms with Gasteiger partial charge >= 0.3 is 5.97 Å². The maximum absolute atomic E-state index is 12.7. The number of fused-ring (bicyclic) bond motifs is 5. The molecule has 6 rings (SSSR count). The Balaban J connectivity index is 1.49. The average Bonchev–Trinajstić information content (AvgIpc) is 3.38. The molecule has 3 atom stereocenters. The highest BCUT2D eigenvalue weighted by Gasteiger charge is 2.45. The van der Waals surface area contributed by atoms with Gasteiger partial charge in [0.15, 0.2) is 23.0 Å². The largest absolute Gasteiger partial charge is 0.454 e. The van der Waals surface area contributed by atoms with Gasteiger partial charge in [-0.05, 0) is 48.1 Å². The minimum absolute atomic E-state index is 0.0637. The lowest BCUT2D eigenvalue weighted by atomic mass is 9.71. The van der Waals surface area contributed by atoms with Crippen LogP contribution < -0.4 is 18.9 Å². The van der Waals surface area contributed by atoms with Gasteiger partial charge in [0.1, 0.15) is 11.7 Å². The number of ether oxygens (including phenoxy) is 5. The molecule has 0 bridgehead atoms. The standard InChI is InChI=1S/C21H18O6/c1-10-2-3-11-6-15-16(25-8-24-15)7-13(11)17(10)19-12-4-5-14-20(26-9-23-14)18(12)21(22)27-19/h4-7,10,17,19H,2-3,8-9H2,1H3. The summed E-state index contributed by atoms with van der Waals surface area (Å²) in [6, 6.07) is 7.95. The van der Waals surface area contributed by atoms with Crippen molar-refractivity contribution in [3.8, 4) is 23.0 Å². The highest BCUT2D eigenvalue weighted by molar-refractivity contribution is 5.98. The zero-order chi connectivity index (χ0) is 18.1. The second kappa shape index (κ2) is 5.31. The maximum Gasteiger partial charge on any atom is 0.343 e. The van der Waals surface area contributed by atoms with Crippen LogP contribution in [-0.4, -0.2) is 19.6 Å². The van der Waals surface area contributed by atoms with Crippen molar-refractivity contribution >= 4 is 5.97 Å². The van der Waals surface area contributed by atoms with Gasteiger partial charge in [-0.25, -0.2) is 4.79 Å². The Morgan fingerprint density at radius 1 is 0.926 bits per heavy atom. The molecule has 3 aliphatic heterocycles. The number of hydrogen-bond acceptors (Lipinski definition) is 6. The Bertz CT molecular complexity index is 981. The quantitative estimate of drug-likeness (QED) is 0.717. The second-order valence-electron chi connectivity index (χ2n) is 7.54. The summed E-state index contributed by atoms with van der Waals surface area (Å²) >= 11 is 0. The number of rotatable bonds is 1. The molecule has 0 saturated heterocycles. The van der Waals surface area contributed by atoms with E-state index < -0.39 is 0 Å². The van der Waals surface area contributed by atoms with Crippen molar-refractivity contribution in [3.63, 3.8) is 0 Å². The molecule has 138 valence electrons. The number of benzene rings is 2. The predicted octanol–water partition coefficient (Wildman–Crippen LogP) is 3.72. The molecule has 3 unspecified atom stereocenters. The number of cyclic esters (lactones) is 1. The van der Waals surface area contributed by atoms with E-state index in [0.29, 0.717) is 23.0 Å². The summed E-state index contributed by atoms with van der Waals surface area (Å²) in [5.41, 5.74) is 3.82. The van der Waals surface area contributed by atoms with Crippen molar-refractivity contribution in [1.29, 1.82) is 0 Å². The van der Waals surface area contributed by atoms with Crippen molar-refractivity contribution in [1.82, 2.24) is 0 Å². The number of esters is 1. The van der Waals surface area contributed by atoms with Gasteiger partial charge in [0.25, 0.3) is 0 Å². The fraction of sp³-hybridized carbons (Fsp3) is 0.381. The van der Waals surface area contributed by atoms with Crippen LogP contribution in [0.1, 0.15) is 52.4 Å². The van der Waals surface area contributed by atoms with E-state index in [-0.39, 0.29) is 31.6 Å². The van der Waals surface area contributed by atoms with Gasteiger partial charge in [0, 0.05) is 11.5 Å².